The van der Waals surface area contributed by atoms with Crippen molar-refractivity contribution in [2.45, 2.75) is 12.8 Å². The summed E-state index contributed by atoms with van der Waals surface area (Å²) in [4.78, 5) is 26.0. The maximum absolute atomic E-state index is 13.0. The van der Waals surface area contributed by atoms with Crippen molar-refractivity contribution in [3.8, 4) is 5.75 Å². The normalized spacial score (nSPS) is 15.3. The van der Waals surface area contributed by atoms with E-state index in [0.29, 0.717) is 21.2 Å². The number of nitrogens with zero attached hydrogens (tertiary/aromatic N) is 2. The fourth-order valence-electron chi connectivity index (χ4n) is 3.91. The summed E-state index contributed by atoms with van der Waals surface area (Å²) in [6, 6.07) is 10.8. The first kappa shape index (κ1) is 17.6. The third-order valence-electron chi connectivity index (χ3n) is 5.21. The van der Waals surface area contributed by atoms with Gasteiger partial charge < -0.3 is 5.11 Å². The van der Waals surface area contributed by atoms with Crippen LogP contribution in [0.5, 0.6) is 5.75 Å². The number of imide groups is 1. The van der Waals surface area contributed by atoms with Gasteiger partial charge in [0.1, 0.15) is 5.75 Å². The molecule has 0 bridgehead atoms. The van der Waals surface area contributed by atoms with Crippen molar-refractivity contribution in [1.82, 2.24) is 5.01 Å². The van der Waals surface area contributed by atoms with Crippen LogP contribution in [0.2, 0.25) is 0 Å². The van der Waals surface area contributed by atoms with Gasteiger partial charge in [-0.3, -0.25) is 9.59 Å². The van der Waals surface area contributed by atoms with E-state index in [1.54, 1.807) is 24.3 Å². The first-order valence-corrected chi connectivity index (χ1v) is 10.2. The van der Waals surface area contributed by atoms with Crippen molar-refractivity contribution in [3.05, 3.63) is 73.2 Å². The summed E-state index contributed by atoms with van der Waals surface area (Å²) in [6.07, 6.45) is 3.16. The second kappa shape index (κ2) is 6.25. The third kappa shape index (κ3) is 2.46. The number of aryl methyl sites for hydroxylation is 2. The molecule has 0 fully saturated rings. The molecule has 0 radical (unpaired) electrons. The van der Waals surface area contributed by atoms with Crippen LogP contribution in [0.3, 0.4) is 0 Å². The lowest BCUT2D eigenvalue weighted by molar-refractivity contribution is 0.0616. The Morgan fingerprint density at radius 1 is 0.929 bits per heavy atom. The molecule has 1 heterocycles. The first-order valence-electron chi connectivity index (χ1n) is 8.64. The van der Waals surface area contributed by atoms with Crippen LogP contribution >= 0.6 is 31.9 Å². The summed E-state index contributed by atoms with van der Waals surface area (Å²) in [5.41, 5.74) is 3.69. The van der Waals surface area contributed by atoms with Gasteiger partial charge in [0, 0.05) is 15.4 Å². The van der Waals surface area contributed by atoms with Crippen molar-refractivity contribution >= 4 is 60.7 Å². The average Bonchev–Trinajstić information content (AvgIpc) is 3.10. The molecule has 5 nitrogen and oxygen atoms in total. The second-order valence-corrected chi connectivity index (χ2v) is 8.56. The van der Waals surface area contributed by atoms with Crippen molar-refractivity contribution in [3.63, 3.8) is 0 Å². The van der Waals surface area contributed by atoms with E-state index >= 15 is 0 Å². The minimum absolute atomic E-state index is 0.0217. The molecule has 1 aliphatic heterocycles. The van der Waals surface area contributed by atoms with Gasteiger partial charge in [0.05, 0.1) is 21.8 Å². The number of halogens is 2. The topological polar surface area (TPSA) is 70.0 Å². The van der Waals surface area contributed by atoms with Gasteiger partial charge in [-0.05, 0) is 69.6 Å². The lowest BCUT2D eigenvalue weighted by Crippen LogP contribution is -2.36. The van der Waals surface area contributed by atoms with Gasteiger partial charge in [-0.15, -0.1) is 0 Å². The summed E-state index contributed by atoms with van der Waals surface area (Å²) >= 11 is 6.60. The van der Waals surface area contributed by atoms with Crippen LogP contribution in [0.25, 0.3) is 10.8 Å². The highest BCUT2D eigenvalue weighted by Gasteiger charge is 2.35. The number of phenolic OH excluding ortho intramolecular Hbond substituents is 1. The largest absolute Gasteiger partial charge is 0.506 e. The van der Waals surface area contributed by atoms with Crippen LogP contribution in [-0.4, -0.2) is 28.1 Å². The molecule has 3 aromatic rings. The predicted octanol–water partition coefficient (Wildman–Crippen LogP) is 4.80. The van der Waals surface area contributed by atoms with Crippen LogP contribution in [0.15, 0.2) is 50.4 Å². The Bertz CT molecular complexity index is 1190. The Kier molecular flexibility index (Phi) is 3.93. The summed E-state index contributed by atoms with van der Waals surface area (Å²) in [6.45, 7) is 0. The molecule has 0 atom stereocenters. The highest BCUT2D eigenvalue weighted by Crippen LogP contribution is 2.38. The van der Waals surface area contributed by atoms with Crippen molar-refractivity contribution in [2.24, 2.45) is 5.10 Å². The molecule has 138 valence electrons. The maximum atomic E-state index is 13.0. The molecule has 0 unspecified atom stereocenters. The van der Waals surface area contributed by atoms with E-state index in [0.717, 1.165) is 33.1 Å². The molecule has 1 N–H and O–H groups in total. The zero-order valence-corrected chi connectivity index (χ0v) is 17.5. The quantitative estimate of drug-likeness (QED) is 0.406. The van der Waals surface area contributed by atoms with Gasteiger partial charge >= 0.3 is 0 Å². The number of hydrazone groups is 1. The van der Waals surface area contributed by atoms with Crippen molar-refractivity contribution < 1.29 is 14.7 Å². The fourth-order valence-corrected chi connectivity index (χ4v) is 5.17. The molecule has 28 heavy (non-hydrogen) atoms. The average molecular weight is 500 g/mol. The summed E-state index contributed by atoms with van der Waals surface area (Å²) in [7, 11) is 0. The highest BCUT2D eigenvalue weighted by molar-refractivity contribution is 9.11. The molecule has 0 saturated carbocycles. The van der Waals surface area contributed by atoms with Crippen LogP contribution in [0.4, 0.5) is 0 Å². The van der Waals surface area contributed by atoms with Crippen LogP contribution in [0, 0.1) is 0 Å². The Labute approximate surface area is 176 Å². The molecule has 2 aliphatic rings. The Morgan fingerprint density at radius 3 is 2.14 bits per heavy atom. The van der Waals surface area contributed by atoms with Gasteiger partial charge in [-0.2, -0.15) is 10.1 Å². The molecule has 0 saturated heterocycles. The molecular formula is C21H12Br2N2O3. The third-order valence-corrected chi connectivity index (χ3v) is 6.27. The summed E-state index contributed by atoms with van der Waals surface area (Å²) < 4.78 is 1.21. The zero-order valence-electron chi connectivity index (χ0n) is 14.4. The number of carbonyl (C=O) groups is 2. The van der Waals surface area contributed by atoms with Crippen molar-refractivity contribution in [1.29, 1.82) is 0 Å². The molecule has 1 aliphatic carbocycles. The van der Waals surface area contributed by atoms with Crippen LogP contribution in [0.1, 0.15) is 37.4 Å². The van der Waals surface area contributed by atoms with Gasteiger partial charge in [0.25, 0.3) is 11.8 Å². The Balaban J connectivity index is 1.62. The smallest absolute Gasteiger partial charge is 0.282 e. The Morgan fingerprint density at radius 2 is 1.54 bits per heavy atom. The Hall–Kier alpha value is -2.51. The van der Waals surface area contributed by atoms with E-state index in [4.69, 9.17) is 0 Å². The summed E-state index contributed by atoms with van der Waals surface area (Å²) in [5.74, 6) is -0.942. The van der Waals surface area contributed by atoms with Gasteiger partial charge in [0.15, 0.2) is 0 Å². The van der Waals surface area contributed by atoms with Gasteiger partial charge in [-0.1, -0.05) is 28.1 Å². The molecule has 0 spiro atoms. The number of rotatable bonds is 2. The number of hydrogen-bond acceptors (Lipinski definition) is 4. The fraction of sp³-hybridized carbons (Fsp3) is 0.0952. The number of amides is 2. The van der Waals surface area contributed by atoms with Gasteiger partial charge in [-0.25, -0.2) is 0 Å². The summed E-state index contributed by atoms with van der Waals surface area (Å²) in [5, 5.41) is 16.9. The van der Waals surface area contributed by atoms with E-state index in [-0.39, 0.29) is 5.75 Å². The first-order chi connectivity index (χ1) is 13.5. The second-order valence-electron chi connectivity index (χ2n) is 6.79. The van der Waals surface area contributed by atoms with Crippen molar-refractivity contribution in [2.75, 3.05) is 0 Å². The standard InChI is InChI=1S/C21H12Br2N2O3/c22-13-7-12(19(26)16(23)8-13)9-24-25-20(27)14-5-3-10-1-2-11-4-6-15(21(25)28)18(14)17(10)11/h3-9,26H,1-2H2/b24-9-. The zero-order chi connectivity index (χ0) is 19.6. The molecular weight excluding hydrogens is 488 g/mol. The number of benzene rings is 3. The molecule has 0 aromatic heterocycles. The van der Waals surface area contributed by atoms with Crippen LogP contribution in [-0.2, 0) is 12.8 Å². The molecule has 7 heteroatoms. The lowest BCUT2D eigenvalue weighted by Gasteiger charge is -2.23. The number of carbonyl (C=O) groups excluding carboxylic acids is 2. The number of aromatic hydroxyl groups is 1. The number of hydrogen-bond donors (Lipinski definition) is 1. The van der Waals surface area contributed by atoms with E-state index in [9.17, 15) is 14.7 Å². The van der Waals surface area contributed by atoms with E-state index in [1.165, 1.54) is 17.3 Å². The lowest BCUT2D eigenvalue weighted by atomic mass is 9.92. The van der Waals surface area contributed by atoms with E-state index in [1.807, 2.05) is 12.1 Å². The molecule has 5 rings (SSSR count). The predicted molar refractivity (Wildman–Crippen MR) is 113 cm³/mol. The van der Waals surface area contributed by atoms with E-state index < -0.39 is 11.8 Å². The highest BCUT2D eigenvalue weighted by atomic mass is 79.9. The van der Waals surface area contributed by atoms with Crippen LogP contribution < -0.4 is 0 Å². The monoisotopic (exact) mass is 498 g/mol. The maximum Gasteiger partial charge on any atom is 0.282 e. The molecule has 2 amide bonds. The van der Waals surface area contributed by atoms with Gasteiger partial charge in [0.2, 0.25) is 0 Å². The SMILES string of the molecule is O=C1c2ccc3c4c(ccc(c24)C(=O)N1/N=C\c1cc(Br)cc(Br)c1O)CC3. The van der Waals surface area contributed by atoms with E-state index in [2.05, 4.69) is 37.0 Å². The molecule has 3 aromatic carbocycles. The number of phenols is 1. The minimum atomic E-state index is -0.460. The minimum Gasteiger partial charge on any atom is -0.506 e.